The Bertz CT molecular complexity index is 868. The van der Waals surface area contributed by atoms with Crippen molar-refractivity contribution in [1.29, 1.82) is 0 Å². The van der Waals surface area contributed by atoms with Gasteiger partial charge in [-0.15, -0.1) is 5.10 Å². The molecule has 146 valence electrons. The molecule has 0 radical (unpaired) electrons. The number of nitrogens with zero attached hydrogens (tertiary/aromatic N) is 3. The van der Waals surface area contributed by atoms with Crippen LogP contribution in [0.2, 0.25) is 0 Å². The molecular weight excluding hydrogens is 441 g/mol. The van der Waals surface area contributed by atoms with Crippen LogP contribution in [0, 0.1) is 5.82 Å². The Labute approximate surface area is 177 Å². The van der Waals surface area contributed by atoms with E-state index in [9.17, 15) is 9.18 Å². The molecule has 1 aliphatic heterocycles. The smallest absolute Gasteiger partial charge is 0.242 e. The average molecular weight is 462 g/mol. The largest absolute Gasteiger partial charge is 0.284 e. The third kappa shape index (κ3) is 5.52. The number of hydrogen-bond acceptors (Lipinski definition) is 4. The number of amidine groups is 1. The Morgan fingerprint density at radius 3 is 2.57 bits per heavy atom. The molecule has 1 amide bonds. The van der Waals surface area contributed by atoms with Crippen LogP contribution in [-0.2, 0) is 11.3 Å². The van der Waals surface area contributed by atoms with Crippen LogP contribution >= 0.6 is 27.7 Å². The van der Waals surface area contributed by atoms with Crippen molar-refractivity contribution in [3.63, 3.8) is 0 Å². The third-order valence-corrected chi connectivity index (χ3v) is 6.08. The molecule has 0 aliphatic carbocycles. The molecule has 3 rings (SSSR count). The van der Waals surface area contributed by atoms with Gasteiger partial charge in [-0.05, 0) is 41.8 Å². The monoisotopic (exact) mass is 461 g/mol. The summed E-state index contributed by atoms with van der Waals surface area (Å²) in [5, 5.41) is 8.94. The van der Waals surface area contributed by atoms with Gasteiger partial charge in [0.15, 0.2) is 5.17 Å². The van der Waals surface area contributed by atoms with Crippen molar-refractivity contribution in [2.45, 2.75) is 38.0 Å². The number of halogens is 2. The van der Waals surface area contributed by atoms with Gasteiger partial charge in [-0.2, -0.15) is 5.10 Å². The Kier molecular flexibility index (Phi) is 7.39. The van der Waals surface area contributed by atoms with Gasteiger partial charge in [-0.25, -0.2) is 4.39 Å². The van der Waals surface area contributed by atoms with Gasteiger partial charge in [0, 0.05) is 4.47 Å². The molecule has 0 aromatic heterocycles. The minimum absolute atomic E-state index is 0.0420. The maximum atomic E-state index is 13.2. The minimum atomic E-state index is -0.292. The fraction of sp³-hybridized carbons (Fsp3) is 0.286. The van der Waals surface area contributed by atoms with E-state index in [0.29, 0.717) is 11.7 Å². The highest BCUT2D eigenvalue weighted by atomic mass is 79.9. The summed E-state index contributed by atoms with van der Waals surface area (Å²) in [6.45, 7) is 2.47. The molecule has 28 heavy (non-hydrogen) atoms. The predicted octanol–water partition coefficient (Wildman–Crippen LogP) is 5.61. The molecule has 1 atom stereocenters. The van der Waals surface area contributed by atoms with Crippen molar-refractivity contribution >= 4 is 45.0 Å². The van der Waals surface area contributed by atoms with Crippen molar-refractivity contribution in [1.82, 2.24) is 4.90 Å². The maximum Gasteiger partial charge on any atom is 0.242 e. The number of carbonyl (C=O) groups is 1. The zero-order chi connectivity index (χ0) is 19.9. The first-order chi connectivity index (χ1) is 13.6. The zero-order valence-corrected chi connectivity index (χ0v) is 17.9. The molecule has 1 unspecified atom stereocenters. The van der Waals surface area contributed by atoms with E-state index in [0.717, 1.165) is 34.9 Å². The fourth-order valence-corrected chi connectivity index (χ4v) is 4.18. The lowest BCUT2D eigenvalue weighted by molar-refractivity contribution is -0.126. The quantitative estimate of drug-likeness (QED) is 0.397. The van der Waals surface area contributed by atoms with Gasteiger partial charge >= 0.3 is 0 Å². The molecule has 1 aliphatic rings. The van der Waals surface area contributed by atoms with Crippen LogP contribution in [0.3, 0.4) is 0 Å². The molecule has 1 fully saturated rings. The van der Waals surface area contributed by atoms with Gasteiger partial charge in [0.05, 0.1) is 18.0 Å². The number of unbranched alkanes of at least 4 members (excludes halogenated alkanes) is 1. The van der Waals surface area contributed by atoms with Gasteiger partial charge in [0.2, 0.25) is 5.91 Å². The van der Waals surface area contributed by atoms with Crippen LogP contribution in [0.1, 0.15) is 37.3 Å². The number of rotatable bonds is 7. The van der Waals surface area contributed by atoms with Gasteiger partial charge < -0.3 is 0 Å². The number of amides is 1. The van der Waals surface area contributed by atoms with E-state index in [-0.39, 0.29) is 17.0 Å². The average Bonchev–Trinajstić information content (AvgIpc) is 2.98. The van der Waals surface area contributed by atoms with E-state index in [1.807, 2.05) is 24.3 Å². The van der Waals surface area contributed by atoms with Gasteiger partial charge in [0.1, 0.15) is 5.82 Å². The van der Waals surface area contributed by atoms with Crippen LogP contribution < -0.4 is 0 Å². The highest BCUT2D eigenvalue weighted by molar-refractivity contribution is 9.10. The maximum absolute atomic E-state index is 13.2. The predicted molar refractivity (Wildman–Crippen MR) is 117 cm³/mol. The topological polar surface area (TPSA) is 45.0 Å². The van der Waals surface area contributed by atoms with Crippen LogP contribution in [0.4, 0.5) is 4.39 Å². The summed E-state index contributed by atoms with van der Waals surface area (Å²) in [4.78, 5) is 14.5. The Morgan fingerprint density at radius 2 is 1.89 bits per heavy atom. The highest BCUT2D eigenvalue weighted by Gasteiger charge is 2.37. The van der Waals surface area contributed by atoms with E-state index in [2.05, 4.69) is 33.1 Å². The Balaban J connectivity index is 1.78. The van der Waals surface area contributed by atoms with E-state index in [4.69, 9.17) is 0 Å². The number of carbonyl (C=O) groups excluding carboxylic acids is 1. The van der Waals surface area contributed by atoms with Crippen molar-refractivity contribution in [2.24, 2.45) is 10.2 Å². The molecule has 7 heteroatoms. The second-order valence-corrected chi connectivity index (χ2v) is 8.56. The number of hydrogen-bond donors (Lipinski definition) is 0. The fourth-order valence-electron chi connectivity index (χ4n) is 2.77. The van der Waals surface area contributed by atoms with Crippen LogP contribution in [0.5, 0.6) is 0 Å². The first kappa shape index (κ1) is 20.7. The van der Waals surface area contributed by atoms with Crippen LogP contribution in [0.15, 0.2) is 63.2 Å². The molecule has 0 bridgehead atoms. The first-order valence-corrected chi connectivity index (χ1v) is 10.8. The number of benzene rings is 2. The molecule has 1 heterocycles. The summed E-state index contributed by atoms with van der Waals surface area (Å²) < 4.78 is 14.2. The normalized spacial score (nSPS) is 18.5. The Morgan fingerprint density at radius 1 is 1.18 bits per heavy atom. The van der Waals surface area contributed by atoms with Crippen molar-refractivity contribution in [3.8, 4) is 0 Å². The molecule has 4 nitrogen and oxygen atoms in total. The van der Waals surface area contributed by atoms with Crippen LogP contribution in [-0.4, -0.2) is 27.4 Å². The summed E-state index contributed by atoms with van der Waals surface area (Å²) in [6, 6.07) is 13.9. The standard InChI is InChI=1S/C21H21BrFN3OS/c1-2-3-4-19-20(27)26(14-16-7-11-18(23)12-8-16)21(28-19)25-24-13-15-5-9-17(22)10-6-15/h5-13,19H,2-4,14H2,1H3/b24-13+,25-21-. The summed E-state index contributed by atoms with van der Waals surface area (Å²) >= 11 is 4.86. The zero-order valence-electron chi connectivity index (χ0n) is 15.5. The summed E-state index contributed by atoms with van der Waals surface area (Å²) in [6.07, 6.45) is 4.51. The highest BCUT2D eigenvalue weighted by Crippen LogP contribution is 2.32. The summed E-state index contributed by atoms with van der Waals surface area (Å²) in [5.41, 5.74) is 1.78. The molecule has 0 saturated carbocycles. The van der Waals surface area contributed by atoms with Gasteiger partial charge in [-0.1, -0.05) is 71.7 Å². The minimum Gasteiger partial charge on any atom is -0.284 e. The molecule has 0 spiro atoms. The molecule has 1 saturated heterocycles. The van der Waals surface area contributed by atoms with E-state index >= 15 is 0 Å². The van der Waals surface area contributed by atoms with Crippen molar-refractivity contribution < 1.29 is 9.18 Å². The Hall–Kier alpha value is -1.99. The lowest BCUT2D eigenvalue weighted by atomic mass is 10.1. The lowest BCUT2D eigenvalue weighted by Crippen LogP contribution is -2.31. The summed E-state index contributed by atoms with van der Waals surface area (Å²) in [5.74, 6) is -0.250. The van der Waals surface area contributed by atoms with Crippen molar-refractivity contribution in [2.75, 3.05) is 0 Å². The first-order valence-electron chi connectivity index (χ1n) is 9.16. The summed E-state index contributed by atoms with van der Waals surface area (Å²) in [7, 11) is 0. The van der Waals surface area contributed by atoms with Gasteiger partial charge in [-0.3, -0.25) is 9.69 Å². The second-order valence-electron chi connectivity index (χ2n) is 6.48. The molecule has 2 aromatic carbocycles. The lowest BCUT2D eigenvalue weighted by Gasteiger charge is -2.15. The van der Waals surface area contributed by atoms with E-state index in [1.54, 1.807) is 23.2 Å². The molecule has 2 aromatic rings. The van der Waals surface area contributed by atoms with Gasteiger partial charge in [0.25, 0.3) is 0 Å². The second kappa shape index (κ2) is 9.98. The van der Waals surface area contributed by atoms with E-state index < -0.39 is 0 Å². The number of thioether (sulfide) groups is 1. The van der Waals surface area contributed by atoms with Crippen LogP contribution in [0.25, 0.3) is 0 Å². The van der Waals surface area contributed by atoms with E-state index in [1.165, 1.54) is 23.9 Å². The SMILES string of the molecule is CCCCC1S/C(=N\N=C\c2ccc(Br)cc2)N(Cc2ccc(F)cc2)C1=O. The molecule has 0 N–H and O–H groups in total. The van der Waals surface area contributed by atoms with Crippen molar-refractivity contribution in [3.05, 3.63) is 69.9 Å². The molecular formula is C21H21BrFN3OS. The third-order valence-electron chi connectivity index (χ3n) is 4.31.